The van der Waals surface area contributed by atoms with E-state index in [0.29, 0.717) is 12.3 Å². The smallest absolute Gasteiger partial charge is 0.373 e. The van der Waals surface area contributed by atoms with Crippen LogP contribution in [0.15, 0.2) is 77.0 Å². The number of para-hydroxylation sites is 1. The van der Waals surface area contributed by atoms with Crippen LogP contribution < -0.4 is 5.32 Å². The van der Waals surface area contributed by atoms with Gasteiger partial charge >= 0.3 is 12.0 Å². The summed E-state index contributed by atoms with van der Waals surface area (Å²) in [7, 11) is 1.25. The standard InChI is InChI=1S/C27H23N3O5/c1-17-6-5-7-18(12-17)14-29-15-19(21-8-3-4-9-23(21)29)13-22-25(31)30(27(33)28-22)16-20-10-11-24(35-20)26(32)34-2/h3-13,15H,14,16H2,1-2H3,(H,28,33)/b22-13-. The fourth-order valence-electron chi connectivity index (χ4n) is 4.23. The monoisotopic (exact) mass is 469 g/mol. The van der Waals surface area contributed by atoms with Crippen LogP contribution in [0, 0.1) is 6.92 Å². The zero-order valence-electron chi connectivity index (χ0n) is 19.3. The summed E-state index contributed by atoms with van der Waals surface area (Å²) >= 11 is 0. The summed E-state index contributed by atoms with van der Waals surface area (Å²) in [5, 5.41) is 3.62. The normalized spacial score (nSPS) is 14.7. The summed E-state index contributed by atoms with van der Waals surface area (Å²) in [6.07, 6.45) is 3.68. The summed E-state index contributed by atoms with van der Waals surface area (Å²) in [6.45, 7) is 2.64. The number of rotatable bonds is 6. The number of hydrogen-bond donors (Lipinski definition) is 1. The van der Waals surface area contributed by atoms with Crippen LogP contribution in [0.4, 0.5) is 4.79 Å². The molecule has 3 heterocycles. The van der Waals surface area contributed by atoms with E-state index in [9.17, 15) is 14.4 Å². The van der Waals surface area contributed by atoms with E-state index in [1.54, 1.807) is 6.08 Å². The molecule has 1 N–H and O–H groups in total. The predicted molar refractivity (Wildman–Crippen MR) is 129 cm³/mol. The summed E-state index contributed by atoms with van der Waals surface area (Å²) in [6, 6.07) is 18.7. The van der Waals surface area contributed by atoms with Crippen LogP contribution in [-0.4, -0.2) is 34.5 Å². The minimum atomic E-state index is -0.629. The van der Waals surface area contributed by atoms with Crippen LogP contribution in [0.2, 0.25) is 0 Å². The van der Waals surface area contributed by atoms with Gasteiger partial charge in [-0.15, -0.1) is 0 Å². The van der Waals surface area contributed by atoms with Crippen molar-refractivity contribution in [3.8, 4) is 0 Å². The van der Waals surface area contributed by atoms with E-state index in [1.807, 2.05) is 36.5 Å². The number of aryl methyl sites for hydroxylation is 1. The SMILES string of the molecule is COC(=O)c1ccc(CN2C(=O)N/C(=C\c3cn(Cc4cccc(C)c4)c4ccccc34)C2=O)o1. The van der Waals surface area contributed by atoms with Gasteiger partial charge in [-0.3, -0.25) is 9.69 Å². The Balaban J connectivity index is 1.42. The fraction of sp³-hybridized carbons (Fsp3) is 0.148. The molecule has 0 atom stereocenters. The van der Waals surface area contributed by atoms with Crippen LogP contribution in [0.3, 0.4) is 0 Å². The molecule has 8 nitrogen and oxygen atoms in total. The van der Waals surface area contributed by atoms with E-state index < -0.39 is 17.9 Å². The molecule has 1 saturated heterocycles. The molecule has 0 unspecified atom stereocenters. The first kappa shape index (κ1) is 22.2. The minimum absolute atomic E-state index is 0.00624. The summed E-state index contributed by atoms with van der Waals surface area (Å²) in [5.74, 6) is -0.797. The molecule has 35 heavy (non-hydrogen) atoms. The minimum Gasteiger partial charge on any atom is -0.463 e. The average Bonchev–Trinajstić information content (AvgIpc) is 3.53. The second kappa shape index (κ2) is 8.98. The van der Waals surface area contributed by atoms with Crippen LogP contribution in [-0.2, 0) is 22.6 Å². The van der Waals surface area contributed by atoms with Gasteiger partial charge in [-0.1, -0.05) is 48.0 Å². The molecule has 4 aromatic rings. The third-order valence-corrected chi connectivity index (χ3v) is 5.88. The molecule has 3 amide bonds. The molecule has 2 aromatic carbocycles. The Morgan fingerprint density at radius 1 is 1.06 bits per heavy atom. The van der Waals surface area contributed by atoms with E-state index in [0.717, 1.165) is 21.4 Å². The first-order valence-electron chi connectivity index (χ1n) is 11.1. The molecule has 0 aliphatic carbocycles. The first-order valence-corrected chi connectivity index (χ1v) is 11.1. The summed E-state index contributed by atoms with van der Waals surface area (Å²) in [5.41, 5.74) is 4.39. The quantitative estimate of drug-likeness (QED) is 0.255. The van der Waals surface area contributed by atoms with Crippen molar-refractivity contribution in [1.29, 1.82) is 0 Å². The summed E-state index contributed by atoms with van der Waals surface area (Å²) in [4.78, 5) is 38.2. The number of amides is 3. The maximum absolute atomic E-state index is 13.0. The van der Waals surface area contributed by atoms with Crippen molar-refractivity contribution in [3.63, 3.8) is 0 Å². The van der Waals surface area contributed by atoms with Crippen molar-refractivity contribution in [3.05, 3.63) is 101 Å². The second-order valence-electron chi connectivity index (χ2n) is 8.36. The van der Waals surface area contributed by atoms with Crippen LogP contribution in [0.25, 0.3) is 17.0 Å². The van der Waals surface area contributed by atoms with Crippen molar-refractivity contribution in [2.45, 2.75) is 20.0 Å². The molecule has 8 heteroatoms. The summed E-state index contributed by atoms with van der Waals surface area (Å²) < 4.78 is 12.2. The largest absolute Gasteiger partial charge is 0.463 e. The van der Waals surface area contributed by atoms with Gasteiger partial charge in [0.1, 0.15) is 11.5 Å². The number of imide groups is 1. The number of aromatic nitrogens is 1. The number of carbonyl (C=O) groups excluding carboxylic acids is 3. The van der Waals surface area contributed by atoms with Gasteiger partial charge in [0.2, 0.25) is 5.76 Å². The van der Waals surface area contributed by atoms with E-state index in [4.69, 9.17) is 4.42 Å². The lowest BCUT2D eigenvalue weighted by Gasteiger charge is -2.09. The Morgan fingerprint density at radius 2 is 1.89 bits per heavy atom. The van der Waals surface area contributed by atoms with Gasteiger partial charge in [-0.2, -0.15) is 0 Å². The number of fused-ring (bicyclic) bond motifs is 1. The number of esters is 1. The highest BCUT2D eigenvalue weighted by Gasteiger charge is 2.34. The van der Waals surface area contributed by atoms with Crippen LogP contribution in [0.5, 0.6) is 0 Å². The molecule has 1 fully saturated rings. The highest BCUT2D eigenvalue weighted by molar-refractivity contribution is 6.14. The number of nitrogens with zero attached hydrogens (tertiary/aromatic N) is 2. The molecular weight excluding hydrogens is 446 g/mol. The van der Waals surface area contributed by atoms with Crippen molar-refractivity contribution < 1.29 is 23.5 Å². The van der Waals surface area contributed by atoms with Crippen molar-refractivity contribution >= 4 is 34.9 Å². The third kappa shape index (κ3) is 4.33. The third-order valence-electron chi connectivity index (χ3n) is 5.88. The molecular formula is C27H23N3O5. The van der Waals surface area contributed by atoms with E-state index in [2.05, 4.69) is 39.7 Å². The lowest BCUT2D eigenvalue weighted by molar-refractivity contribution is -0.123. The van der Waals surface area contributed by atoms with Crippen LogP contribution >= 0.6 is 0 Å². The maximum Gasteiger partial charge on any atom is 0.373 e. The van der Waals surface area contributed by atoms with Crippen molar-refractivity contribution in [2.24, 2.45) is 0 Å². The molecule has 0 radical (unpaired) electrons. The van der Waals surface area contributed by atoms with Gasteiger partial charge in [-0.05, 0) is 36.8 Å². The predicted octanol–water partition coefficient (Wildman–Crippen LogP) is 4.47. The molecule has 1 aliphatic heterocycles. The Hall–Kier alpha value is -4.59. The Labute approximate surface area is 201 Å². The van der Waals surface area contributed by atoms with Gasteiger partial charge < -0.3 is 19.0 Å². The Kier molecular flexibility index (Phi) is 5.70. The fourth-order valence-corrected chi connectivity index (χ4v) is 4.23. The Bertz CT molecular complexity index is 1490. The zero-order valence-corrected chi connectivity index (χ0v) is 19.3. The number of urea groups is 1. The molecule has 0 saturated carbocycles. The van der Waals surface area contributed by atoms with E-state index in [-0.39, 0.29) is 18.0 Å². The molecule has 0 bridgehead atoms. The average molecular weight is 469 g/mol. The van der Waals surface area contributed by atoms with Crippen LogP contribution in [0.1, 0.15) is 33.0 Å². The van der Waals surface area contributed by atoms with Crippen molar-refractivity contribution in [2.75, 3.05) is 7.11 Å². The zero-order chi connectivity index (χ0) is 24.5. The highest BCUT2D eigenvalue weighted by atomic mass is 16.5. The molecule has 2 aromatic heterocycles. The van der Waals surface area contributed by atoms with Gasteiger partial charge in [-0.25, -0.2) is 9.59 Å². The van der Waals surface area contributed by atoms with Crippen molar-refractivity contribution in [1.82, 2.24) is 14.8 Å². The molecule has 176 valence electrons. The lowest BCUT2D eigenvalue weighted by atomic mass is 10.1. The second-order valence-corrected chi connectivity index (χ2v) is 8.36. The number of carbonyl (C=O) groups is 3. The number of benzene rings is 2. The molecule has 5 rings (SSSR count). The number of ether oxygens (including phenoxy) is 1. The van der Waals surface area contributed by atoms with Gasteiger partial charge in [0.25, 0.3) is 5.91 Å². The number of furan rings is 1. The van der Waals surface area contributed by atoms with Gasteiger partial charge in [0.15, 0.2) is 0 Å². The molecule has 0 spiro atoms. The number of hydrogen-bond acceptors (Lipinski definition) is 5. The first-order chi connectivity index (χ1) is 16.9. The molecule has 1 aliphatic rings. The maximum atomic E-state index is 13.0. The number of nitrogens with one attached hydrogen (secondary N) is 1. The van der Waals surface area contributed by atoms with Gasteiger partial charge in [0, 0.05) is 29.2 Å². The van der Waals surface area contributed by atoms with E-state index in [1.165, 1.54) is 30.4 Å². The van der Waals surface area contributed by atoms with Gasteiger partial charge in [0.05, 0.1) is 13.7 Å². The topological polar surface area (TPSA) is 93.8 Å². The lowest BCUT2D eigenvalue weighted by Crippen LogP contribution is -2.30. The Morgan fingerprint density at radius 3 is 2.69 bits per heavy atom. The highest BCUT2D eigenvalue weighted by Crippen LogP contribution is 2.26. The van der Waals surface area contributed by atoms with E-state index >= 15 is 0 Å². The number of methoxy groups -OCH3 is 1.